The highest BCUT2D eigenvalue weighted by Gasteiger charge is 2.42. The van der Waals surface area contributed by atoms with Crippen LogP contribution in [0.1, 0.15) is 0 Å². The van der Waals surface area contributed by atoms with Crippen LogP contribution >= 0.6 is 0 Å². The molecule has 2 heterocycles. The third-order valence-electron chi connectivity index (χ3n) is 2.81. The van der Waals surface area contributed by atoms with Crippen LogP contribution in [0.2, 0.25) is 0 Å². The number of rotatable bonds is 1. The fourth-order valence-corrected chi connectivity index (χ4v) is 7.09. The van der Waals surface area contributed by atoms with Crippen LogP contribution in [0.25, 0.3) is 0 Å². The first-order valence-corrected chi connectivity index (χ1v) is 8.56. The van der Waals surface area contributed by atoms with Gasteiger partial charge >= 0.3 is 0 Å². The molecule has 2 atom stereocenters. The van der Waals surface area contributed by atoms with Crippen LogP contribution in [0.4, 0.5) is 0 Å². The Morgan fingerprint density at radius 2 is 1.75 bits per heavy atom. The Hall–Kier alpha value is -0.180. The number of sulfone groups is 2. The van der Waals surface area contributed by atoms with E-state index in [-0.39, 0.29) is 23.9 Å². The van der Waals surface area contributed by atoms with Crippen molar-refractivity contribution in [1.29, 1.82) is 0 Å². The lowest BCUT2D eigenvalue weighted by Crippen LogP contribution is -2.51. The third-order valence-corrected chi connectivity index (χ3v) is 7.14. The van der Waals surface area contributed by atoms with Gasteiger partial charge in [-0.1, -0.05) is 0 Å². The van der Waals surface area contributed by atoms with Crippen LogP contribution in [0, 0.1) is 0 Å². The highest BCUT2D eigenvalue weighted by molar-refractivity contribution is 7.98. The average molecular weight is 270 g/mol. The van der Waals surface area contributed by atoms with Gasteiger partial charge < -0.3 is 9.47 Å². The van der Waals surface area contributed by atoms with E-state index in [4.69, 9.17) is 9.47 Å². The molecule has 0 radical (unpaired) electrons. The normalized spacial score (nSPS) is 38.0. The smallest absolute Gasteiger partial charge is 0.157 e. The minimum Gasteiger partial charge on any atom is -0.376 e. The van der Waals surface area contributed by atoms with Crippen LogP contribution in [-0.4, -0.2) is 65.3 Å². The Kier molecular flexibility index (Phi) is 3.26. The lowest BCUT2D eigenvalue weighted by atomic mass is 10.3. The van der Waals surface area contributed by atoms with Crippen molar-refractivity contribution in [2.45, 2.75) is 11.4 Å². The van der Waals surface area contributed by atoms with Crippen molar-refractivity contribution >= 4 is 19.7 Å². The van der Waals surface area contributed by atoms with Gasteiger partial charge in [-0.2, -0.15) is 0 Å². The van der Waals surface area contributed by atoms with Crippen LogP contribution in [-0.2, 0) is 29.1 Å². The summed E-state index contributed by atoms with van der Waals surface area (Å²) >= 11 is 0. The maximum atomic E-state index is 11.8. The molecule has 6 nitrogen and oxygen atoms in total. The lowest BCUT2D eigenvalue weighted by Gasteiger charge is -2.32. The molecule has 8 heteroatoms. The number of hydrogen-bond donors (Lipinski definition) is 0. The largest absolute Gasteiger partial charge is 0.376 e. The Morgan fingerprint density at radius 1 is 1.00 bits per heavy atom. The van der Waals surface area contributed by atoms with Gasteiger partial charge in [0.05, 0.1) is 43.2 Å². The molecule has 0 aromatic carbocycles. The van der Waals surface area contributed by atoms with Gasteiger partial charge in [0, 0.05) is 0 Å². The third kappa shape index (κ3) is 2.55. The first kappa shape index (κ1) is 12.3. The zero-order valence-corrected chi connectivity index (χ0v) is 10.3. The van der Waals surface area contributed by atoms with Crippen LogP contribution in [0.5, 0.6) is 0 Å². The van der Waals surface area contributed by atoms with Gasteiger partial charge in [0.1, 0.15) is 5.25 Å². The fraction of sp³-hybridized carbons (Fsp3) is 1.00. The van der Waals surface area contributed by atoms with Crippen molar-refractivity contribution in [3.63, 3.8) is 0 Å². The van der Waals surface area contributed by atoms with E-state index >= 15 is 0 Å². The van der Waals surface area contributed by atoms with Crippen molar-refractivity contribution in [3.8, 4) is 0 Å². The quantitative estimate of drug-likeness (QED) is 0.583. The molecule has 94 valence electrons. The molecule has 0 N–H and O–H groups in total. The van der Waals surface area contributed by atoms with Crippen molar-refractivity contribution < 1.29 is 26.3 Å². The van der Waals surface area contributed by atoms with Gasteiger partial charge in [0.15, 0.2) is 19.7 Å². The zero-order valence-electron chi connectivity index (χ0n) is 8.66. The molecule has 0 aliphatic carbocycles. The average Bonchev–Trinajstić information content (AvgIpc) is 2.24. The minimum absolute atomic E-state index is 0.152. The molecule has 0 bridgehead atoms. The van der Waals surface area contributed by atoms with E-state index in [0.717, 1.165) is 0 Å². The Bertz CT molecular complexity index is 445. The lowest BCUT2D eigenvalue weighted by molar-refractivity contribution is -0.0869. The summed E-state index contributed by atoms with van der Waals surface area (Å²) < 4.78 is 56.8. The molecule has 0 amide bonds. The predicted octanol–water partition coefficient (Wildman–Crippen LogP) is -1.39. The van der Waals surface area contributed by atoms with Gasteiger partial charge in [-0.05, 0) is 0 Å². The van der Waals surface area contributed by atoms with E-state index in [1.54, 1.807) is 0 Å². The molecule has 16 heavy (non-hydrogen) atoms. The van der Waals surface area contributed by atoms with Gasteiger partial charge in [-0.25, -0.2) is 16.8 Å². The Labute approximate surface area is 94.8 Å². The SMILES string of the molecule is O=S1(=O)CCS(=O)(=O)C(C2COCCO2)C1. The Morgan fingerprint density at radius 3 is 2.38 bits per heavy atom. The van der Waals surface area contributed by atoms with E-state index in [9.17, 15) is 16.8 Å². The summed E-state index contributed by atoms with van der Waals surface area (Å²) in [6.07, 6.45) is -0.645. The topological polar surface area (TPSA) is 86.7 Å². The number of ether oxygens (including phenoxy) is 2. The van der Waals surface area contributed by atoms with Gasteiger partial charge in [0.25, 0.3) is 0 Å². The Balaban J connectivity index is 2.21. The second-order valence-electron chi connectivity index (χ2n) is 4.00. The van der Waals surface area contributed by atoms with Crippen molar-refractivity contribution in [1.82, 2.24) is 0 Å². The highest BCUT2D eigenvalue weighted by Crippen LogP contribution is 2.21. The standard InChI is InChI=1S/C8H14O6S2/c9-15(10)3-4-16(11,12)8(6-15)7-5-13-1-2-14-7/h7-8H,1-6H2. The van der Waals surface area contributed by atoms with E-state index in [1.165, 1.54) is 0 Å². The molecule has 0 aromatic rings. The molecular weight excluding hydrogens is 256 g/mol. The van der Waals surface area contributed by atoms with E-state index in [0.29, 0.717) is 13.2 Å². The molecule has 2 fully saturated rings. The monoisotopic (exact) mass is 270 g/mol. The van der Waals surface area contributed by atoms with Crippen LogP contribution in [0.15, 0.2) is 0 Å². The van der Waals surface area contributed by atoms with Crippen molar-refractivity contribution in [2.75, 3.05) is 37.1 Å². The molecule has 2 aliphatic heterocycles. The van der Waals surface area contributed by atoms with Crippen LogP contribution < -0.4 is 0 Å². The summed E-state index contributed by atoms with van der Waals surface area (Å²) in [4.78, 5) is 0. The molecule has 2 saturated heterocycles. The first-order chi connectivity index (χ1) is 7.41. The van der Waals surface area contributed by atoms with Gasteiger partial charge in [-0.15, -0.1) is 0 Å². The molecule has 0 spiro atoms. The van der Waals surface area contributed by atoms with Gasteiger partial charge in [-0.3, -0.25) is 0 Å². The maximum absolute atomic E-state index is 11.8. The molecule has 2 unspecified atom stereocenters. The molecule has 2 rings (SSSR count). The summed E-state index contributed by atoms with van der Waals surface area (Å²) in [6, 6.07) is 0. The second-order valence-corrected chi connectivity index (χ2v) is 8.57. The molecule has 2 aliphatic rings. The van der Waals surface area contributed by atoms with E-state index < -0.39 is 31.0 Å². The van der Waals surface area contributed by atoms with E-state index in [2.05, 4.69) is 0 Å². The molecule has 0 aromatic heterocycles. The predicted molar refractivity (Wildman–Crippen MR) is 56.8 cm³/mol. The summed E-state index contributed by atoms with van der Waals surface area (Å²) in [7, 11) is -6.65. The summed E-state index contributed by atoms with van der Waals surface area (Å²) in [5.41, 5.74) is 0. The number of hydrogen-bond acceptors (Lipinski definition) is 6. The first-order valence-electron chi connectivity index (χ1n) is 5.02. The zero-order chi connectivity index (χ0) is 11.8. The second kappa shape index (κ2) is 4.25. The minimum atomic E-state index is -3.38. The van der Waals surface area contributed by atoms with Crippen molar-refractivity contribution in [3.05, 3.63) is 0 Å². The van der Waals surface area contributed by atoms with Crippen molar-refractivity contribution in [2.24, 2.45) is 0 Å². The highest BCUT2D eigenvalue weighted by atomic mass is 32.2. The van der Waals surface area contributed by atoms with Crippen LogP contribution in [0.3, 0.4) is 0 Å². The summed E-state index contributed by atoms with van der Waals surface area (Å²) in [5, 5.41) is -0.966. The fourth-order valence-electron chi connectivity index (χ4n) is 1.89. The maximum Gasteiger partial charge on any atom is 0.157 e. The molecule has 0 saturated carbocycles. The molecular formula is C8H14O6S2. The van der Waals surface area contributed by atoms with E-state index in [1.807, 2.05) is 0 Å². The van der Waals surface area contributed by atoms with Gasteiger partial charge in [0.2, 0.25) is 0 Å². The summed E-state index contributed by atoms with van der Waals surface area (Å²) in [5.74, 6) is -0.928. The summed E-state index contributed by atoms with van der Waals surface area (Å²) in [6.45, 7) is 0.895.